The van der Waals surface area contributed by atoms with Gasteiger partial charge in [-0.05, 0) is 36.4 Å². The van der Waals surface area contributed by atoms with Crippen LogP contribution in [0, 0.1) is 0 Å². The summed E-state index contributed by atoms with van der Waals surface area (Å²) < 4.78 is 5.97. The fraction of sp³-hybridized carbons (Fsp3) is 0.150. The number of fused-ring (bicyclic) bond motifs is 3. The molecule has 130 valence electrons. The molecule has 1 amide bonds. The first-order valence-electron chi connectivity index (χ1n) is 8.30. The van der Waals surface area contributed by atoms with Gasteiger partial charge in [-0.2, -0.15) is 0 Å². The predicted octanol–water partition coefficient (Wildman–Crippen LogP) is 0.973. The number of furan rings is 1. The average Bonchev–Trinajstić information content (AvgIpc) is 2.86. The number of rotatable bonds is 3. The van der Waals surface area contributed by atoms with Gasteiger partial charge in [0, 0.05) is 55.4 Å². The summed E-state index contributed by atoms with van der Waals surface area (Å²) >= 11 is 0. The molecule has 1 N–H and O–H groups in total. The van der Waals surface area contributed by atoms with Gasteiger partial charge in [0.15, 0.2) is 0 Å². The van der Waals surface area contributed by atoms with Crippen LogP contribution in [-0.2, 0) is 6.42 Å². The maximum atomic E-state index is 12.3. The Labute approximate surface area is 150 Å². The van der Waals surface area contributed by atoms with E-state index in [-0.39, 0.29) is 11.7 Å². The lowest BCUT2D eigenvalue weighted by Gasteiger charge is -2.18. The van der Waals surface area contributed by atoms with Gasteiger partial charge in [0.05, 0.1) is 0 Å². The van der Waals surface area contributed by atoms with E-state index in [0.29, 0.717) is 5.70 Å². The van der Waals surface area contributed by atoms with Crippen molar-refractivity contribution in [1.29, 1.82) is 0 Å². The van der Waals surface area contributed by atoms with Crippen LogP contribution in [0.5, 0.6) is 0 Å². The second-order valence-corrected chi connectivity index (χ2v) is 6.27. The van der Waals surface area contributed by atoms with E-state index in [1.807, 2.05) is 44.5 Å². The number of carbonyl (C=O) groups excluding carboxylic acids is 1. The second-order valence-electron chi connectivity index (χ2n) is 6.27. The molecule has 0 unspecified atom stereocenters. The number of hydrogen-bond acceptors (Lipinski definition) is 5. The summed E-state index contributed by atoms with van der Waals surface area (Å²) in [6, 6.07) is 1.67. The molecular weight excluding hydrogens is 328 g/mol. The Morgan fingerprint density at radius 3 is 2.73 bits per heavy atom. The smallest absolute Gasteiger partial charge is 0.293 e. The topological polar surface area (TPSA) is 71.3 Å². The van der Waals surface area contributed by atoms with Crippen LogP contribution in [0.25, 0.3) is 18.2 Å². The zero-order valence-electron chi connectivity index (χ0n) is 14.6. The SMILES string of the molecule is CN(C)C1=CC=c2oc3c(c2C1)C=C(NC(=O)c1ncccn1)C=CC=3. The first-order valence-corrected chi connectivity index (χ1v) is 8.30. The number of nitrogens with zero attached hydrogens (tertiary/aromatic N) is 3. The van der Waals surface area contributed by atoms with Gasteiger partial charge in [-0.1, -0.05) is 6.08 Å². The molecule has 0 bridgehead atoms. The number of hydrogen-bond donors (Lipinski definition) is 1. The number of amides is 1. The third-order valence-electron chi connectivity index (χ3n) is 4.32. The third kappa shape index (κ3) is 2.97. The third-order valence-corrected chi connectivity index (χ3v) is 4.32. The number of allylic oxidation sites excluding steroid dienone is 4. The largest absolute Gasteiger partial charge is 0.456 e. The van der Waals surface area contributed by atoms with Gasteiger partial charge >= 0.3 is 0 Å². The Morgan fingerprint density at radius 1 is 1.15 bits per heavy atom. The van der Waals surface area contributed by atoms with Crippen molar-refractivity contribution in [3.8, 4) is 0 Å². The van der Waals surface area contributed by atoms with E-state index in [9.17, 15) is 4.79 Å². The van der Waals surface area contributed by atoms with Crippen molar-refractivity contribution in [2.45, 2.75) is 6.42 Å². The Bertz CT molecular complexity index is 1070. The molecular formula is C20H18N4O2. The van der Waals surface area contributed by atoms with Gasteiger partial charge in [-0.25, -0.2) is 9.97 Å². The van der Waals surface area contributed by atoms with Crippen molar-refractivity contribution in [3.63, 3.8) is 0 Å². The number of aromatic nitrogens is 2. The summed E-state index contributed by atoms with van der Waals surface area (Å²) in [5.74, 6) is -0.210. The van der Waals surface area contributed by atoms with Crippen LogP contribution in [0.1, 0.15) is 21.7 Å². The average molecular weight is 346 g/mol. The molecule has 2 aromatic heterocycles. The highest BCUT2D eigenvalue weighted by Crippen LogP contribution is 2.17. The Hall–Kier alpha value is -3.41. The van der Waals surface area contributed by atoms with E-state index in [4.69, 9.17) is 4.42 Å². The number of carbonyl (C=O) groups is 1. The Balaban J connectivity index is 1.68. The molecule has 0 aromatic carbocycles. The molecule has 6 nitrogen and oxygen atoms in total. The maximum Gasteiger partial charge on any atom is 0.293 e. The minimum Gasteiger partial charge on any atom is -0.456 e. The standard InChI is InChI=1S/C20H18N4O2/c1-24(2)14-7-8-18-16(12-14)15-11-13(5-3-6-17(15)26-18)23-20(25)19-21-9-4-10-22-19/h3-11H,12H2,1-2H3,(H,23,25). The molecule has 0 spiro atoms. The number of likely N-dealkylation sites (N-methyl/N-ethyl adjacent to an activating group) is 1. The first-order chi connectivity index (χ1) is 12.6. The van der Waals surface area contributed by atoms with E-state index in [1.165, 1.54) is 5.70 Å². The molecule has 4 rings (SSSR count). The van der Waals surface area contributed by atoms with Gasteiger partial charge in [0.1, 0.15) is 10.8 Å². The normalized spacial score (nSPS) is 14.7. The van der Waals surface area contributed by atoms with Crippen LogP contribution < -0.4 is 16.1 Å². The van der Waals surface area contributed by atoms with Crippen LogP contribution in [0.15, 0.2) is 52.5 Å². The molecule has 0 saturated carbocycles. The minimum absolute atomic E-state index is 0.135. The molecule has 0 radical (unpaired) electrons. The van der Waals surface area contributed by atoms with Crippen LogP contribution in [0.3, 0.4) is 0 Å². The van der Waals surface area contributed by atoms with Gasteiger partial charge in [0.25, 0.3) is 5.91 Å². The molecule has 0 fully saturated rings. The monoisotopic (exact) mass is 346 g/mol. The lowest BCUT2D eigenvalue weighted by atomic mass is 10.0. The molecule has 0 saturated heterocycles. The van der Waals surface area contributed by atoms with Crippen LogP contribution >= 0.6 is 0 Å². The first kappa shape index (κ1) is 16.1. The molecule has 0 aliphatic heterocycles. The minimum atomic E-state index is -0.345. The number of nitrogens with one attached hydrogen (secondary N) is 1. The molecule has 2 aromatic rings. The van der Waals surface area contributed by atoms with Crippen LogP contribution in [0.4, 0.5) is 0 Å². The molecule has 2 heterocycles. The molecule has 26 heavy (non-hydrogen) atoms. The van der Waals surface area contributed by atoms with Crippen molar-refractivity contribution >= 4 is 24.1 Å². The Kier molecular flexibility index (Phi) is 4.01. The summed E-state index contributed by atoms with van der Waals surface area (Å²) in [4.78, 5) is 22.4. The summed E-state index contributed by atoms with van der Waals surface area (Å²) in [6.45, 7) is 0. The molecule has 6 heteroatoms. The van der Waals surface area contributed by atoms with Crippen molar-refractivity contribution in [3.05, 3.63) is 75.9 Å². The highest BCUT2D eigenvalue weighted by molar-refractivity contribution is 5.92. The second kappa shape index (κ2) is 6.48. The van der Waals surface area contributed by atoms with Gasteiger partial charge < -0.3 is 14.6 Å². The highest BCUT2D eigenvalue weighted by Gasteiger charge is 2.18. The highest BCUT2D eigenvalue weighted by atomic mass is 16.3. The molecule has 0 atom stereocenters. The fourth-order valence-corrected chi connectivity index (χ4v) is 2.96. The van der Waals surface area contributed by atoms with E-state index < -0.39 is 0 Å². The zero-order valence-corrected chi connectivity index (χ0v) is 14.6. The van der Waals surface area contributed by atoms with E-state index in [1.54, 1.807) is 18.5 Å². The van der Waals surface area contributed by atoms with E-state index in [0.717, 1.165) is 28.4 Å². The maximum absolute atomic E-state index is 12.3. The van der Waals surface area contributed by atoms with Crippen molar-refractivity contribution in [2.24, 2.45) is 0 Å². The van der Waals surface area contributed by atoms with E-state index >= 15 is 0 Å². The van der Waals surface area contributed by atoms with Gasteiger partial charge in [0.2, 0.25) is 5.82 Å². The zero-order chi connectivity index (χ0) is 18.1. The molecule has 2 aliphatic rings. The molecule has 2 aliphatic carbocycles. The van der Waals surface area contributed by atoms with E-state index in [2.05, 4.69) is 26.3 Å². The lowest BCUT2D eigenvalue weighted by molar-refractivity contribution is 0.0957. The quantitative estimate of drug-likeness (QED) is 0.897. The van der Waals surface area contributed by atoms with Gasteiger partial charge in [-0.15, -0.1) is 0 Å². The van der Waals surface area contributed by atoms with Crippen LogP contribution in [0.2, 0.25) is 0 Å². The van der Waals surface area contributed by atoms with Crippen molar-refractivity contribution in [1.82, 2.24) is 20.2 Å². The summed E-state index contributed by atoms with van der Waals surface area (Å²) in [5.41, 5.74) is 5.63. The lowest BCUT2D eigenvalue weighted by Crippen LogP contribution is -2.24. The summed E-state index contributed by atoms with van der Waals surface area (Å²) in [5, 5.41) is 2.86. The Morgan fingerprint density at radius 2 is 1.96 bits per heavy atom. The van der Waals surface area contributed by atoms with Gasteiger partial charge in [-0.3, -0.25) is 4.79 Å². The van der Waals surface area contributed by atoms with Crippen LogP contribution in [-0.4, -0.2) is 34.9 Å². The van der Waals surface area contributed by atoms with Crippen molar-refractivity contribution in [2.75, 3.05) is 14.1 Å². The van der Waals surface area contributed by atoms with Crippen molar-refractivity contribution < 1.29 is 9.21 Å². The summed E-state index contributed by atoms with van der Waals surface area (Å²) in [6.07, 6.45) is 15.5. The summed E-state index contributed by atoms with van der Waals surface area (Å²) in [7, 11) is 4.05. The predicted molar refractivity (Wildman–Crippen MR) is 99.0 cm³/mol. The fourth-order valence-electron chi connectivity index (χ4n) is 2.96.